The van der Waals surface area contributed by atoms with Crippen molar-refractivity contribution in [1.29, 1.82) is 0 Å². The normalized spacial score (nSPS) is 10.6. The number of rotatable bonds is 9. The van der Waals surface area contributed by atoms with Crippen LogP contribution in [0.25, 0.3) is 0 Å². The molecule has 170 valence electrons. The van der Waals surface area contributed by atoms with Crippen LogP contribution in [0.5, 0.6) is 11.5 Å². The lowest BCUT2D eigenvalue weighted by Crippen LogP contribution is -2.20. The average Bonchev–Trinajstić information content (AvgIpc) is 2.80. The third-order valence-electron chi connectivity index (χ3n) is 4.25. The molecule has 0 radical (unpaired) electrons. The van der Waals surface area contributed by atoms with Crippen LogP contribution >= 0.6 is 23.2 Å². The summed E-state index contributed by atoms with van der Waals surface area (Å²) in [6.45, 7) is 2.35. The summed E-state index contributed by atoms with van der Waals surface area (Å²) in [7, 11) is 0. The van der Waals surface area contributed by atoms with E-state index in [2.05, 4.69) is 15.8 Å². The van der Waals surface area contributed by atoms with E-state index in [9.17, 15) is 9.59 Å². The molecule has 2 amide bonds. The van der Waals surface area contributed by atoms with Crippen molar-refractivity contribution >= 4 is 46.9 Å². The maximum atomic E-state index is 12.1. The van der Waals surface area contributed by atoms with E-state index in [-0.39, 0.29) is 23.1 Å². The molecule has 0 aliphatic carbocycles. The fourth-order valence-electron chi connectivity index (χ4n) is 2.70. The Morgan fingerprint density at radius 3 is 2.27 bits per heavy atom. The second kappa shape index (κ2) is 11.9. The first-order valence-electron chi connectivity index (χ1n) is 9.98. The van der Waals surface area contributed by atoms with Gasteiger partial charge in [-0.05, 0) is 79.2 Å². The highest BCUT2D eigenvalue weighted by Gasteiger charge is 2.09. The quantitative estimate of drug-likeness (QED) is 0.323. The Hall–Kier alpha value is -3.55. The van der Waals surface area contributed by atoms with E-state index in [0.717, 1.165) is 11.3 Å². The van der Waals surface area contributed by atoms with Crippen LogP contribution in [0, 0.1) is 0 Å². The molecular weight excluding hydrogens is 465 g/mol. The summed E-state index contributed by atoms with van der Waals surface area (Å²) in [5.74, 6) is 0.523. The molecular formula is C24H21Cl2N3O4. The standard InChI is InChI=1S/C24H21Cl2N3O4/c1-2-32-19-10-6-18(7-11-19)28-23(30)15-33-20-8-3-16(4-9-20)14-27-29-24(31)21-12-5-17(25)13-22(21)26/h3-14H,2,15H2,1H3,(H,28,30)(H,29,31)/b27-14-. The minimum atomic E-state index is -0.452. The van der Waals surface area contributed by atoms with E-state index in [1.54, 1.807) is 54.6 Å². The summed E-state index contributed by atoms with van der Waals surface area (Å²) >= 11 is 11.8. The molecule has 0 aliphatic heterocycles. The fraction of sp³-hybridized carbons (Fsp3) is 0.125. The molecule has 0 fully saturated rings. The molecule has 3 rings (SSSR count). The lowest BCUT2D eigenvalue weighted by Gasteiger charge is -2.09. The molecule has 0 atom stereocenters. The Morgan fingerprint density at radius 1 is 0.939 bits per heavy atom. The number of nitrogens with one attached hydrogen (secondary N) is 2. The number of hydrogen-bond donors (Lipinski definition) is 2. The topological polar surface area (TPSA) is 89.0 Å². The van der Waals surface area contributed by atoms with Crippen LogP contribution in [0.15, 0.2) is 71.8 Å². The zero-order valence-corrected chi connectivity index (χ0v) is 19.2. The summed E-state index contributed by atoms with van der Waals surface area (Å²) < 4.78 is 10.9. The molecule has 0 saturated carbocycles. The Kier molecular flexibility index (Phi) is 8.69. The number of carbonyl (C=O) groups is 2. The number of benzene rings is 3. The monoisotopic (exact) mass is 485 g/mol. The van der Waals surface area contributed by atoms with Gasteiger partial charge in [-0.3, -0.25) is 9.59 Å². The molecule has 0 bridgehead atoms. The molecule has 3 aromatic carbocycles. The Balaban J connectivity index is 1.45. The molecule has 2 N–H and O–H groups in total. The van der Waals surface area contributed by atoms with E-state index in [1.165, 1.54) is 18.3 Å². The molecule has 0 spiro atoms. The number of hydrazone groups is 1. The lowest BCUT2D eigenvalue weighted by molar-refractivity contribution is -0.118. The van der Waals surface area contributed by atoms with Crippen LogP contribution in [0.1, 0.15) is 22.8 Å². The van der Waals surface area contributed by atoms with Gasteiger partial charge in [-0.1, -0.05) is 23.2 Å². The van der Waals surface area contributed by atoms with E-state index >= 15 is 0 Å². The summed E-state index contributed by atoms with van der Waals surface area (Å²) in [5, 5.41) is 7.35. The molecule has 0 aromatic heterocycles. The Labute approximate surface area is 201 Å². The maximum Gasteiger partial charge on any atom is 0.272 e. The van der Waals surface area contributed by atoms with E-state index in [1.807, 2.05) is 6.92 Å². The Morgan fingerprint density at radius 2 is 1.61 bits per heavy atom. The molecule has 7 nitrogen and oxygen atoms in total. The first-order chi connectivity index (χ1) is 15.9. The summed E-state index contributed by atoms with van der Waals surface area (Å²) in [4.78, 5) is 24.2. The number of nitrogens with zero attached hydrogens (tertiary/aromatic N) is 1. The molecule has 0 saturated heterocycles. The van der Waals surface area contributed by atoms with Gasteiger partial charge in [-0.25, -0.2) is 5.43 Å². The van der Waals surface area contributed by atoms with Crippen molar-refractivity contribution in [3.8, 4) is 11.5 Å². The van der Waals surface area contributed by atoms with Gasteiger partial charge in [-0.2, -0.15) is 5.10 Å². The van der Waals surface area contributed by atoms with E-state index < -0.39 is 5.91 Å². The van der Waals surface area contributed by atoms with Crippen LogP contribution in [0.4, 0.5) is 5.69 Å². The zero-order valence-electron chi connectivity index (χ0n) is 17.7. The van der Waals surface area contributed by atoms with Gasteiger partial charge in [0.25, 0.3) is 11.8 Å². The molecule has 3 aromatic rings. The minimum Gasteiger partial charge on any atom is -0.494 e. The van der Waals surface area contributed by atoms with Crippen molar-refractivity contribution in [3.05, 3.63) is 87.9 Å². The van der Waals surface area contributed by atoms with Crippen molar-refractivity contribution in [1.82, 2.24) is 5.43 Å². The van der Waals surface area contributed by atoms with Crippen LogP contribution in [-0.4, -0.2) is 31.2 Å². The van der Waals surface area contributed by atoms with Gasteiger partial charge in [0.1, 0.15) is 11.5 Å². The van der Waals surface area contributed by atoms with Crippen molar-refractivity contribution in [3.63, 3.8) is 0 Å². The van der Waals surface area contributed by atoms with Gasteiger partial charge in [0.05, 0.1) is 23.4 Å². The first-order valence-corrected chi connectivity index (χ1v) is 10.7. The number of anilines is 1. The van der Waals surface area contributed by atoms with Crippen molar-refractivity contribution in [2.24, 2.45) is 5.10 Å². The summed E-state index contributed by atoms with van der Waals surface area (Å²) in [5.41, 5.74) is 4.05. The predicted octanol–water partition coefficient (Wildman–Crippen LogP) is 5.17. The highest BCUT2D eigenvalue weighted by Crippen LogP contribution is 2.21. The number of amides is 2. The summed E-state index contributed by atoms with van der Waals surface area (Å²) in [6, 6.07) is 18.5. The highest BCUT2D eigenvalue weighted by molar-refractivity contribution is 6.36. The van der Waals surface area contributed by atoms with Crippen LogP contribution in [0.3, 0.4) is 0 Å². The predicted molar refractivity (Wildman–Crippen MR) is 130 cm³/mol. The number of hydrogen-bond acceptors (Lipinski definition) is 5. The largest absolute Gasteiger partial charge is 0.494 e. The second-order valence-electron chi connectivity index (χ2n) is 6.69. The molecule has 33 heavy (non-hydrogen) atoms. The van der Waals surface area contributed by atoms with E-state index in [0.29, 0.717) is 23.1 Å². The fourth-order valence-corrected chi connectivity index (χ4v) is 3.19. The van der Waals surface area contributed by atoms with Gasteiger partial charge in [-0.15, -0.1) is 0 Å². The maximum absolute atomic E-state index is 12.1. The van der Waals surface area contributed by atoms with Crippen LogP contribution < -0.4 is 20.2 Å². The molecule has 0 unspecified atom stereocenters. The van der Waals surface area contributed by atoms with Crippen molar-refractivity contribution < 1.29 is 19.1 Å². The molecule has 0 aliphatic rings. The zero-order chi connectivity index (χ0) is 23.6. The van der Waals surface area contributed by atoms with Gasteiger partial charge in [0.15, 0.2) is 6.61 Å². The van der Waals surface area contributed by atoms with Crippen molar-refractivity contribution in [2.75, 3.05) is 18.5 Å². The van der Waals surface area contributed by atoms with Gasteiger partial charge in [0.2, 0.25) is 0 Å². The lowest BCUT2D eigenvalue weighted by atomic mass is 10.2. The smallest absolute Gasteiger partial charge is 0.272 e. The second-order valence-corrected chi connectivity index (χ2v) is 7.53. The number of halogens is 2. The SMILES string of the molecule is CCOc1ccc(NC(=O)COc2ccc(/C=N\NC(=O)c3ccc(Cl)cc3Cl)cc2)cc1. The molecule has 9 heteroatoms. The highest BCUT2D eigenvalue weighted by atomic mass is 35.5. The third kappa shape index (κ3) is 7.52. The van der Waals surface area contributed by atoms with Crippen LogP contribution in [-0.2, 0) is 4.79 Å². The molecule has 0 heterocycles. The summed E-state index contributed by atoms with van der Waals surface area (Å²) in [6.07, 6.45) is 1.48. The minimum absolute atomic E-state index is 0.140. The van der Waals surface area contributed by atoms with Gasteiger partial charge >= 0.3 is 0 Å². The Bertz CT molecular complexity index is 1130. The van der Waals surface area contributed by atoms with Gasteiger partial charge < -0.3 is 14.8 Å². The van der Waals surface area contributed by atoms with Crippen molar-refractivity contribution in [2.45, 2.75) is 6.92 Å². The number of carbonyl (C=O) groups excluding carboxylic acids is 2. The average molecular weight is 486 g/mol. The van der Waals surface area contributed by atoms with Gasteiger partial charge in [0, 0.05) is 10.7 Å². The van der Waals surface area contributed by atoms with Crippen LogP contribution in [0.2, 0.25) is 10.0 Å². The first kappa shape index (κ1) is 24.1. The van der Waals surface area contributed by atoms with E-state index in [4.69, 9.17) is 32.7 Å². The third-order valence-corrected chi connectivity index (χ3v) is 4.80. The number of ether oxygens (including phenoxy) is 2.